The summed E-state index contributed by atoms with van der Waals surface area (Å²) in [5, 5.41) is 18.8. The Balaban J connectivity index is 1.66. The molecule has 1 aliphatic rings. The first-order valence-electron chi connectivity index (χ1n) is 7.25. The van der Waals surface area contributed by atoms with Gasteiger partial charge < -0.3 is 5.11 Å². The van der Waals surface area contributed by atoms with Gasteiger partial charge in [0.1, 0.15) is 0 Å². The maximum Gasteiger partial charge on any atom is 0.0972 e. The predicted molar refractivity (Wildman–Crippen MR) is 77.7 cm³/mol. The maximum atomic E-state index is 10.2. The zero-order chi connectivity index (χ0) is 13.9. The van der Waals surface area contributed by atoms with Gasteiger partial charge in [0.15, 0.2) is 0 Å². The van der Waals surface area contributed by atoms with Gasteiger partial charge in [-0.2, -0.15) is 5.10 Å². The van der Waals surface area contributed by atoms with Crippen molar-refractivity contribution in [2.45, 2.75) is 57.6 Å². The molecule has 1 unspecified atom stereocenters. The minimum atomic E-state index is -0.551. The molecule has 1 saturated carbocycles. The van der Waals surface area contributed by atoms with Crippen molar-refractivity contribution in [2.24, 2.45) is 0 Å². The fourth-order valence-corrected chi connectivity index (χ4v) is 3.50. The van der Waals surface area contributed by atoms with E-state index in [0.29, 0.717) is 12.5 Å². The smallest absolute Gasteiger partial charge is 0.0972 e. The summed E-state index contributed by atoms with van der Waals surface area (Å²) < 4.78 is 5.95. The van der Waals surface area contributed by atoms with Gasteiger partial charge in [-0.25, -0.2) is 0 Å². The topological polar surface area (TPSA) is 63.8 Å². The molecule has 2 heterocycles. The number of hydrogen-bond acceptors (Lipinski definition) is 5. The number of aryl methyl sites for hydroxylation is 1. The fourth-order valence-electron chi connectivity index (χ4n) is 2.87. The summed E-state index contributed by atoms with van der Waals surface area (Å²) in [7, 11) is 0. The van der Waals surface area contributed by atoms with E-state index in [4.69, 9.17) is 0 Å². The summed E-state index contributed by atoms with van der Waals surface area (Å²) in [6.45, 7) is 1.88. The molecule has 6 heteroatoms. The molecule has 1 fully saturated rings. The van der Waals surface area contributed by atoms with Crippen LogP contribution in [0.2, 0.25) is 0 Å². The Kier molecular flexibility index (Phi) is 4.12. The molecule has 5 nitrogen and oxygen atoms in total. The largest absolute Gasteiger partial charge is 0.387 e. The van der Waals surface area contributed by atoms with E-state index in [1.165, 1.54) is 43.6 Å². The summed E-state index contributed by atoms with van der Waals surface area (Å²) in [6.07, 6.45) is 8.43. The van der Waals surface area contributed by atoms with E-state index < -0.39 is 6.10 Å². The van der Waals surface area contributed by atoms with Crippen LogP contribution in [0.25, 0.3) is 0 Å². The van der Waals surface area contributed by atoms with Crippen LogP contribution < -0.4 is 0 Å². The first-order chi connectivity index (χ1) is 9.74. The second kappa shape index (κ2) is 6.01. The van der Waals surface area contributed by atoms with Crippen LogP contribution in [-0.4, -0.2) is 24.5 Å². The van der Waals surface area contributed by atoms with Gasteiger partial charge in [-0.15, -0.1) is 5.10 Å². The summed E-state index contributed by atoms with van der Waals surface area (Å²) in [5.74, 6) is 0. The SMILES string of the molecule is Cc1nnsc1C(O)Cc1ccn(C2CCCCC2)n1. The summed E-state index contributed by atoms with van der Waals surface area (Å²) in [5.41, 5.74) is 1.75. The summed E-state index contributed by atoms with van der Waals surface area (Å²) in [6, 6.07) is 2.56. The van der Waals surface area contributed by atoms with Crippen molar-refractivity contribution < 1.29 is 5.11 Å². The number of aliphatic hydroxyl groups is 1. The average Bonchev–Trinajstić information content (AvgIpc) is 3.09. The van der Waals surface area contributed by atoms with E-state index in [0.717, 1.165) is 16.3 Å². The molecular weight excluding hydrogens is 272 g/mol. The molecule has 0 spiro atoms. The molecular formula is C14H20N4OS. The normalized spacial score (nSPS) is 18.3. The van der Waals surface area contributed by atoms with Gasteiger partial charge in [-0.05, 0) is 37.4 Å². The van der Waals surface area contributed by atoms with Gasteiger partial charge in [0.25, 0.3) is 0 Å². The third kappa shape index (κ3) is 2.91. The molecule has 0 saturated heterocycles. The Hall–Kier alpha value is -1.27. The monoisotopic (exact) mass is 292 g/mol. The molecule has 1 N–H and O–H groups in total. The molecule has 0 amide bonds. The van der Waals surface area contributed by atoms with Crippen molar-refractivity contribution in [2.75, 3.05) is 0 Å². The van der Waals surface area contributed by atoms with E-state index in [9.17, 15) is 5.11 Å². The lowest BCUT2D eigenvalue weighted by Gasteiger charge is -2.21. The van der Waals surface area contributed by atoms with Crippen LogP contribution in [0, 0.1) is 6.92 Å². The maximum absolute atomic E-state index is 10.2. The van der Waals surface area contributed by atoms with E-state index in [1.54, 1.807) is 0 Å². The first kappa shape index (κ1) is 13.7. The van der Waals surface area contributed by atoms with E-state index in [-0.39, 0.29) is 0 Å². The van der Waals surface area contributed by atoms with Crippen LogP contribution in [-0.2, 0) is 6.42 Å². The van der Waals surface area contributed by atoms with Crippen LogP contribution in [0.4, 0.5) is 0 Å². The van der Waals surface area contributed by atoms with Crippen LogP contribution in [0.15, 0.2) is 12.3 Å². The van der Waals surface area contributed by atoms with E-state index in [1.807, 2.05) is 13.0 Å². The van der Waals surface area contributed by atoms with Crippen molar-refractivity contribution in [1.82, 2.24) is 19.4 Å². The first-order valence-corrected chi connectivity index (χ1v) is 8.02. The highest BCUT2D eigenvalue weighted by molar-refractivity contribution is 7.05. The Morgan fingerprint density at radius 2 is 2.20 bits per heavy atom. The third-order valence-corrected chi connectivity index (χ3v) is 4.93. The highest BCUT2D eigenvalue weighted by atomic mass is 32.1. The second-order valence-corrected chi connectivity index (χ2v) is 6.31. The quantitative estimate of drug-likeness (QED) is 0.941. The van der Waals surface area contributed by atoms with Crippen LogP contribution in [0.1, 0.15) is 60.5 Å². The van der Waals surface area contributed by atoms with E-state index >= 15 is 0 Å². The van der Waals surface area contributed by atoms with Gasteiger partial charge in [-0.1, -0.05) is 23.8 Å². The molecule has 2 aromatic rings. The fraction of sp³-hybridized carbons (Fsp3) is 0.643. The zero-order valence-electron chi connectivity index (χ0n) is 11.7. The van der Waals surface area contributed by atoms with Crippen molar-refractivity contribution >= 4 is 11.5 Å². The average molecular weight is 292 g/mol. The second-order valence-electron chi connectivity index (χ2n) is 5.52. The van der Waals surface area contributed by atoms with Crippen molar-refractivity contribution in [3.63, 3.8) is 0 Å². The summed E-state index contributed by atoms with van der Waals surface area (Å²) in [4.78, 5) is 0.845. The molecule has 1 atom stereocenters. The number of hydrogen-bond donors (Lipinski definition) is 1. The van der Waals surface area contributed by atoms with Gasteiger partial charge in [0.2, 0.25) is 0 Å². The van der Waals surface area contributed by atoms with Crippen LogP contribution in [0.3, 0.4) is 0 Å². The summed E-state index contributed by atoms with van der Waals surface area (Å²) >= 11 is 1.27. The van der Waals surface area contributed by atoms with Gasteiger partial charge in [0.05, 0.1) is 28.4 Å². The zero-order valence-corrected chi connectivity index (χ0v) is 12.5. The Morgan fingerprint density at radius 3 is 2.90 bits per heavy atom. The number of rotatable bonds is 4. The van der Waals surface area contributed by atoms with Crippen molar-refractivity contribution in [1.29, 1.82) is 0 Å². The molecule has 3 rings (SSSR count). The van der Waals surface area contributed by atoms with Crippen LogP contribution >= 0.6 is 11.5 Å². The highest BCUT2D eigenvalue weighted by Crippen LogP contribution is 2.28. The molecule has 108 valence electrons. The van der Waals surface area contributed by atoms with Crippen molar-refractivity contribution in [3.05, 3.63) is 28.5 Å². The Bertz CT molecular complexity index is 559. The third-order valence-electron chi connectivity index (χ3n) is 4.00. The molecule has 0 aromatic carbocycles. The lowest BCUT2D eigenvalue weighted by atomic mass is 9.96. The highest BCUT2D eigenvalue weighted by Gasteiger charge is 2.19. The number of nitrogens with zero attached hydrogens (tertiary/aromatic N) is 4. The predicted octanol–water partition coefficient (Wildman–Crippen LogP) is 2.82. The standard InChI is InChI=1S/C14H20N4OS/c1-10-14(20-17-15-10)13(19)9-11-7-8-18(16-11)12-5-3-2-4-6-12/h7-8,12-13,19H,2-6,9H2,1H3. The van der Waals surface area contributed by atoms with Gasteiger partial charge in [0, 0.05) is 12.6 Å². The molecule has 1 aliphatic carbocycles. The van der Waals surface area contributed by atoms with Gasteiger partial charge in [-0.3, -0.25) is 4.68 Å². The molecule has 20 heavy (non-hydrogen) atoms. The Labute approximate surface area is 122 Å². The lowest BCUT2D eigenvalue weighted by molar-refractivity contribution is 0.179. The van der Waals surface area contributed by atoms with Crippen LogP contribution in [0.5, 0.6) is 0 Å². The Morgan fingerprint density at radius 1 is 1.40 bits per heavy atom. The molecule has 2 aromatic heterocycles. The van der Waals surface area contributed by atoms with E-state index in [2.05, 4.69) is 25.6 Å². The number of aliphatic hydroxyl groups excluding tert-OH is 1. The molecule has 0 bridgehead atoms. The minimum absolute atomic E-state index is 0.532. The number of aromatic nitrogens is 4. The van der Waals surface area contributed by atoms with Gasteiger partial charge >= 0.3 is 0 Å². The lowest BCUT2D eigenvalue weighted by Crippen LogP contribution is -2.13. The minimum Gasteiger partial charge on any atom is -0.387 e. The molecule has 0 aliphatic heterocycles. The van der Waals surface area contributed by atoms with Crippen molar-refractivity contribution in [3.8, 4) is 0 Å². The molecule has 0 radical (unpaired) electrons.